The number of Topliss-reactive ketones (excluding diaryl/α,β-unsaturated/α-hetero) is 1. The summed E-state index contributed by atoms with van der Waals surface area (Å²) in [5, 5.41) is 3.56. The normalized spacial score (nSPS) is 10.4. The summed E-state index contributed by atoms with van der Waals surface area (Å²) >= 11 is 1.17. The lowest BCUT2D eigenvalue weighted by molar-refractivity contribution is 0.101. The molecule has 0 saturated heterocycles. The van der Waals surface area contributed by atoms with Crippen molar-refractivity contribution in [1.82, 2.24) is 4.37 Å². The van der Waals surface area contributed by atoms with Crippen LogP contribution in [0.2, 0.25) is 0 Å². The third kappa shape index (κ3) is 2.26. The van der Waals surface area contributed by atoms with E-state index >= 15 is 0 Å². The molecule has 2 rings (SSSR count). The molecule has 0 aliphatic carbocycles. The number of hydrogen-bond donors (Lipinski definition) is 1. The maximum absolute atomic E-state index is 13.7. The van der Waals surface area contributed by atoms with Crippen LogP contribution in [0.3, 0.4) is 0 Å². The van der Waals surface area contributed by atoms with Crippen molar-refractivity contribution in [3.05, 3.63) is 40.8 Å². The average Bonchev–Trinajstić information content (AvgIpc) is 2.65. The van der Waals surface area contributed by atoms with E-state index in [1.165, 1.54) is 24.5 Å². The van der Waals surface area contributed by atoms with Crippen molar-refractivity contribution in [2.45, 2.75) is 20.8 Å². The van der Waals surface area contributed by atoms with Gasteiger partial charge in [-0.05, 0) is 43.9 Å². The number of carbonyl (C=O) groups is 1. The Balaban J connectivity index is 2.44. The van der Waals surface area contributed by atoms with Gasteiger partial charge in [-0.2, -0.15) is 4.37 Å². The van der Waals surface area contributed by atoms with Gasteiger partial charge >= 0.3 is 0 Å². The molecule has 1 aromatic carbocycles. The van der Waals surface area contributed by atoms with Gasteiger partial charge in [-0.15, -0.1) is 0 Å². The second-order valence-corrected chi connectivity index (χ2v) is 4.86. The summed E-state index contributed by atoms with van der Waals surface area (Å²) in [6, 6.07) is 4.85. The zero-order valence-corrected chi connectivity index (χ0v) is 11.2. The Hall–Kier alpha value is -1.75. The zero-order valence-electron chi connectivity index (χ0n) is 10.4. The van der Waals surface area contributed by atoms with Gasteiger partial charge in [-0.3, -0.25) is 4.79 Å². The predicted molar refractivity (Wildman–Crippen MR) is 71.3 cm³/mol. The number of para-hydroxylation sites is 1. The van der Waals surface area contributed by atoms with Gasteiger partial charge in [0.25, 0.3) is 0 Å². The van der Waals surface area contributed by atoms with Crippen molar-refractivity contribution in [3.8, 4) is 0 Å². The molecule has 0 atom stereocenters. The summed E-state index contributed by atoms with van der Waals surface area (Å²) in [7, 11) is 0. The molecule has 1 N–H and O–H groups in total. The highest BCUT2D eigenvalue weighted by Gasteiger charge is 2.16. The quantitative estimate of drug-likeness (QED) is 0.856. The third-order valence-electron chi connectivity index (χ3n) is 2.68. The molecule has 5 heteroatoms. The van der Waals surface area contributed by atoms with Gasteiger partial charge in [0, 0.05) is 0 Å². The van der Waals surface area contributed by atoms with Crippen LogP contribution in [0.5, 0.6) is 0 Å². The first-order chi connectivity index (χ1) is 8.50. The summed E-state index contributed by atoms with van der Waals surface area (Å²) < 4.78 is 17.8. The number of hydrogen-bond acceptors (Lipinski definition) is 4. The minimum Gasteiger partial charge on any atom is -0.343 e. The number of carbonyl (C=O) groups excluding carboxylic acids is 1. The lowest BCUT2D eigenvalue weighted by atomic mass is 10.1. The monoisotopic (exact) mass is 264 g/mol. The molecule has 0 aliphatic heterocycles. The number of aryl methyl sites for hydroxylation is 2. The maximum Gasteiger partial charge on any atom is 0.164 e. The van der Waals surface area contributed by atoms with Crippen LogP contribution in [0.4, 0.5) is 15.1 Å². The molecular weight excluding hydrogens is 251 g/mol. The van der Waals surface area contributed by atoms with Gasteiger partial charge in [-0.25, -0.2) is 4.39 Å². The first kappa shape index (κ1) is 12.7. The summed E-state index contributed by atoms with van der Waals surface area (Å²) in [4.78, 5) is 11.5. The van der Waals surface area contributed by atoms with E-state index in [-0.39, 0.29) is 11.6 Å². The first-order valence-electron chi connectivity index (χ1n) is 5.50. The highest BCUT2D eigenvalue weighted by molar-refractivity contribution is 7.10. The van der Waals surface area contributed by atoms with Gasteiger partial charge in [-0.1, -0.05) is 12.1 Å². The average molecular weight is 264 g/mol. The van der Waals surface area contributed by atoms with Gasteiger partial charge in [0.05, 0.1) is 16.9 Å². The Kier molecular flexibility index (Phi) is 3.43. The highest BCUT2D eigenvalue weighted by atomic mass is 32.1. The van der Waals surface area contributed by atoms with Crippen molar-refractivity contribution < 1.29 is 9.18 Å². The van der Waals surface area contributed by atoms with Crippen molar-refractivity contribution >= 4 is 28.0 Å². The van der Waals surface area contributed by atoms with Crippen LogP contribution in [-0.4, -0.2) is 10.2 Å². The molecule has 1 heterocycles. The summed E-state index contributed by atoms with van der Waals surface area (Å²) in [5.41, 5.74) is 2.38. The number of aromatic nitrogens is 1. The molecular formula is C13H13FN2OS. The van der Waals surface area contributed by atoms with Crippen LogP contribution in [0, 0.1) is 19.7 Å². The Bertz CT molecular complexity index is 587. The topological polar surface area (TPSA) is 42.0 Å². The van der Waals surface area contributed by atoms with Crippen LogP contribution in [-0.2, 0) is 0 Å². The molecule has 0 saturated carbocycles. The highest BCUT2D eigenvalue weighted by Crippen LogP contribution is 2.30. The van der Waals surface area contributed by atoms with E-state index in [9.17, 15) is 9.18 Å². The second kappa shape index (κ2) is 4.86. The smallest absolute Gasteiger partial charge is 0.164 e. The lowest BCUT2D eigenvalue weighted by Crippen LogP contribution is -2.01. The fourth-order valence-corrected chi connectivity index (χ4v) is 2.62. The van der Waals surface area contributed by atoms with E-state index in [0.717, 1.165) is 5.56 Å². The Morgan fingerprint density at radius 1 is 1.39 bits per heavy atom. The SMILES string of the molecule is CC(=O)c1c(C)nsc1Nc1c(C)cccc1F. The molecule has 3 nitrogen and oxygen atoms in total. The van der Waals surface area contributed by atoms with Gasteiger partial charge in [0.15, 0.2) is 5.78 Å². The van der Waals surface area contributed by atoms with Crippen LogP contribution < -0.4 is 5.32 Å². The fraction of sp³-hybridized carbons (Fsp3) is 0.231. The summed E-state index contributed by atoms with van der Waals surface area (Å²) in [6.07, 6.45) is 0. The van der Waals surface area contributed by atoms with Crippen molar-refractivity contribution in [2.75, 3.05) is 5.32 Å². The van der Waals surface area contributed by atoms with Crippen LogP contribution >= 0.6 is 11.5 Å². The minimum atomic E-state index is -0.337. The summed E-state index contributed by atoms with van der Waals surface area (Å²) in [5.74, 6) is -0.409. The molecule has 0 aliphatic rings. The number of nitrogens with one attached hydrogen (secondary N) is 1. The van der Waals surface area contributed by atoms with Crippen LogP contribution in [0.25, 0.3) is 0 Å². The number of anilines is 2. The van der Waals surface area contributed by atoms with Gasteiger partial charge in [0.1, 0.15) is 10.8 Å². The molecule has 0 bridgehead atoms. The largest absolute Gasteiger partial charge is 0.343 e. The predicted octanol–water partition coefficient (Wildman–Crippen LogP) is 3.85. The Labute approximate surface area is 109 Å². The minimum absolute atomic E-state index is 0.0715. The van der Waals surface area contributed by atoms with Crippen molar-refractivity contribution in [1.29, 1.82) is 0 Å². The molecule has 0 unspecified atom stereocenters. The van der Waals surface area contributed by atoms with Gasteiger partial charge in [0.2, 0.25) is 0 Å². The molecule has 18 heavy (non-hydrogen) atoms. The van der Waals surface area contributed by atoms with Crippen molar-refractivity contribution in [2.24, 2.45) is 0 Å². The molecule has 0 radical (unpaired) electrons. The van der Waals surface area contributed by atoms with Crippen molar-refractivity contribution in [3.63, 3.8) is 0 Å². The number of rotatable bonds is 3. The number of halogens is 1. The third-order valence-corrected chi connectivity index (χ3v) is 3.53. The van der Waals surface area contributed by atoms with E-state index in [4.69, 9.17) is 0 Å². The van der Waals surface area contributed by atoms with E-state index in [1.54, 1.807) is 13.0 Å². The van der Waals surface area contributed by atoms with Crippen LogP contribution in [0.15, 0.2) is 18.2 Å². The zero-order chi connectivity index (χ0) is 13.3. The van der Waals surface area contributed by atoms with E-state index in [2.05, 4.69) is 9.69 Å². The molecule has 0 amide bonds. The first-order valence-corrected chi connectivity index (χ1v) is 6.27. The van der Waals surface area contributed by atoms with Crippen LogP contribution in [0.1, 0.15) is 28.5 Å². The molecule has 94 valence electrons. The molecule has 1 aromatic heterocycles. The lowest BCUT2D eigenvalue weighted by Gasteiger charge is -2.09. The number of benzene rings is 1. The molecule has 0 spiro atoms. The van der Waals surface area contributed by atoms with Gasteiger partial charge < -0.3 is 5.32 Å². The molecule has 2 aromatic rings. The fourth-order valence-electron chi connectivity index (χ4n) is 1.77. The molecule has 0 fully saturated rings. The van der Waals surface area contributed by atoms with E-state index < -0.39 is 0 Å². The number of ketones is 1. The Morgan fingerprint density at radius 2 is 2.11 bits per heavy atom. The standard InChI is InChI=1S/C13H13FN2OS/c1-7-5-4-6-10(14)12(7)15-13-11(9(3)17)8(2)16-18-13/h4-6,15H,1-3H3. The number of nitrogens with zero attached hydrogens (tertiary/aromatic N) is 1. The van der Waals surface area contributed by atoms with E-state index in [1.807, 2.05) is 13.0 Å². The summed E-state index contributed by atoms with van der Waals surface area (Å²) in [6.45, 7) is 5.06. The van der Waals surface area contributed by atoms with E-state index in [0.29, 0.717) is 21.9 Å². The maximum atomic E-state index is 13.7. The Morgan fingerprint density at radius 3 is 2.72 bits per heavy atom. The second-order valence-electron chi connectivity index (χ2n) is 4.09.